The van der Waals surface area contributed by atoms with Crippen molar-refractivity contribution in [2.45, 2.75) is 20.0 Å². The first-order valence-corrected chi connectivity index (χ1v) is 5.62. The number of hydrogen-bond donors (Lipinski definition) is 1. The lowest BCUT2D eigenvalue weighted by Crippen LogP contribution is -2.20. The lowest BCUT2D eigenvalue weighted by atomic mass is 10.1. The summed E-state index contributed by atoms with van der Waals surface area (Å²) in [6.07, 6.45) is 0. The van der Waals surface area contributed by atoms with Gasteiger partial charge in [0.2, 0.25) is 0 Å². The van der Waals surface area contributed by atoms with Crippen molar-refractivity contribution in [1.29, 1.82) is 0 Å². The van der Waals surface area contributed by atoms with E-state index in [0.717, 1.165) is 16.8 Å². The van der Waals surface area contributed by atoms with E-state index in [0.29, 0.717) is 13.1 Å². The van der Waals surface area contributed by atoms with Gasteiger partial charge in [0.25, 0.3) is 5.56 Å². The molecule has 0 spiro atoms. The Balaban J connectivity index is 2.42. The summed E-state index contributed by atoms with van der Waals surface area (Å²) in [5.74, 6) is 0. The number of benzene rings is 1. The van der Waals surface area contributed by atoms with Crippen LogP contribution in [0.1, 0.15) is 12.5 Å². The van der Waals surface area contributed by atoms with Gasteiger partial charge in [-0.15, -0.1) is 0 Å². The molecule has 2 N–H and O–H groups in total. The zero-order valence-electron chi connectivity index (χ0n) is 9.76. The molecular weight excluding hydrogens is 214 g/mol. The second-order valence-electron chi connectivity index (χ2n) is 3.77. The number of nitrogens with zero attached hydrogens (tertiary/aromatic N) is 2. The van der Waals surface area contributed by atoms with E-state index in [1.54, 1.807) is 12.1 Å². The predicted molar refractivity (Wildman–Crippen MR) is 67.5 cm³/mol. The zero-order chi connectivity index (χ0) is 12.3. The van der Waals surface area contributed by atoms with Gasteiger partial charge in [0, 0.05) is 24.7 Å². The number of hydrogen-bond acceptors (Lipinski definition) is 3. The monoisotopic (exact) mass is 229 g/mol. The Labute approximate surface area is 99.7 Å². The van der Waals surface area contributed by atoms with E-state index < -0.39 is 0 Å². The Kier molecular flexibility index (Phi) is 3.35. The molecule has 88 valence electrons. The van der Waals surface area contributed by atoms with Crippen molar-refractivity contribution in [1.82, 2.24) is 9.78 Å². The summed E-state index contributed by atoms with van der Waals surface area (Å²) in [6.45, 7) is 3.01. The minimum atomic E-state index is -0.0742. The maximum atomic E-state index is 11.4. The molecule has 1 aromatic heterocycles. The smallest absolute Gasteiger partial charge is 0.266 e. The van der Waals surface area contributed by atoms with Crippen LogP contribution in [0.2, 0.25) is 0 Å². The molecule has 0 amide bonds. The molecule has 0 aliphatic rings. The predicted octanol–water partition coefficient (Wildman–Crippen LogP) is 1.39. The van der Waals surface area contributed by atoms with Gasteiger partial charge >= 0.3 is 0 Å². The fourth-order valence-electron chi connectivity index (χ4n) is 1.64. The van der Waals surface area contributed by atoms with Crippen LogP contribution >= 0.6 is 0 Å². The van der Waals surface area contributed by atoms with Gasteiger partial charge in [-0.1, -0.05) is 24.3 Å². The van der Waals surface area contributed by atoms with Crippen LogP contribution in [0.25, 0.3) is 11.3 Å². The van der Waals surface area contributed by atoms with Crippen molar-refractivity contribution in [2.75, 3.05) is 0 Å². The largest absolute Gasteiger partial charge is 0.326 e. The van der Waals surface area contributed by atoms with Crippen LogP contribution in [0.3, 0.4) is 0 Å². The molecule has 0 aliphatic carbocycles. The second kappa shape index (κ2) is 4.93. The fourth-order valence-corrected chi connectivity index (χ4v) is 1.64. The molecule has 0 radical (unpaired) electrons. The van der Waals surface area contributed by atoms with Crippen LogP contribution < -0.4 is 11.3 Å². The van der Waals surface area contributed by atoms with Gasteiger partial charge < -0.3 is 5.73 Å². The lowest BCUT2D eigenvalue weighted by Gasteiger charge is -2.05. The average molecular weight is 229 g/mol. The van der Waals surface area contributed by atoms with Gasteiger partial charge in [0.1, 0.15) is 0 Å². The van der Waals surface area contributed by atoms with Crippen LogP contribution in [0.15, 0.2) is 41.2 Å². The summed E-state index contributed by atoms with van der Waals surface area (Å²) < 4.78 is 1.45. The molecule has 0 bridgehead atoms. The van der Waals surface area contributed by atoms with Crippen LogP contribution in [0, 0.1) is 0 Å². The van der Waals surface area contributed by atoms with Crippen LogP contribution in [-0.4, -0.2) is 9.78 Å². The number of nitrogens with two attached hydrogens (primary N) is 1. The summed E-state index contributed by atoms with van der Waals surface area (Å²) in [5.41, 5.74) is 8.34. The molecule has 0 unspecified atom stereocenters. The highest BCUT2D eigenvalue weighted by atomic mass is 16.1. The van der Waals surface area contributed by atoms with Gasteiger partial charge in [0.05, 0.1) is 5.69 Å². The van der Waals surface area contributed by atoms with E-state index in [9.17, 15) is 4.79 Å². The van der Waals surface area contributed by atoms with Gasteiger partial charge in [-0.3, -0.25) is 4.79 Å². The van der Waals surface area contributed by atoms with Crippen molar-refractivity contribution < 1.29 is 0 Å². The maximum absolute atomic E-state index is 11.4. The zero-order valence-corrected chi connectivity index (χ0v) is 9.76. The molecular formula is C13H15N3O. The van der Waals surface area contributed by atoms with Crippen LogP contribution in [0.4, 0.5) is 0 Å². The Morgan fingerprint density at radius 1 is 1.18 bits per heavy atom. The van der Waals surface area contributed by atoms with Gasteiger partial charge in [0.15, 0.2) is 0 Å². The minimum Gasteiger partial charge on any atom is -0.326 e. The molecule has 0 aliphatic heterocycles. The highest BCUT2D eigenvalue weighted by Gasteiger charge is 2.02. The van der Waals surface area contributed by atoms with Gasteiger partial charge in [-0.25, -0.2) is 4.68 Å². The molecule has 4 nitrogen and oxygen atoms in total. The molecule has 0 atom stereocenters. The molecule has 2 aromatic rings. The minimum absolute atomic E-state index is 0.0742. The van der Waals surface area contributed by atoms with E-state index >= 15 is 0 Å². The molecule has 2 rings (SSSR count). The first kappa shape index (κ1) is 11.5. The van der Waals surface area contributed by atoms with Crippen molar-refractivity contribution in [3.63, 3.8) is 0 Å². The first-order chi connectivity index (χ1) is 8.24. The molecule has 0 saturated heterocycles. The molecule has 1 heterocycles. The second-order valence-corrected chi connectivity index (χ2v) is 3.77. The van der Waals surface area contributed by atoms with Crippen LogP contribution in [-0.2, 0) is 13.1 Å². The third-order valence-corrected chi connectivity index (χ3v) is 2.65. The highest BCUT2D eigenvalue weighted by molar-refractivity contribution is 5.58. The SMILES string of the molecule is CCn1nc(-c2ccc(CN)cc2)ccc1=O. The normalized spacial score (nSPS) is 10.5. The Morgan fingerprint density at radius 3 is 2.47 bits per heavy atom. The van der Waals surface area contributed by atoms with Gasteiger partial charge in [-0.05, 0) is 18.6 Å². The molecule has 0 fully saturated rings. The Bertz CT molecular complexity index is 558. The molecule has 17 heavy (non-hydrogen) atoms. The van der Waals surface area contributed by atoms with Crippen LogP contribution in [0.5, 0.6) is 0 Å². The highest BCUT2D eigenvalue weighted by Crippen LogP contribution is 2.15. The van der Waals surface area contributed by atoms with Crippen molar-refractivity contribution in [3.8, 4) is 11.3 Å². The van der Waals surface area contributed by atoms with Crippen molar-refractivity contribution in [3.05, 3.63) is 52.3 Å². The van der Waals surface area contributed by atoms with E-state index in [4.69, 9.17) is 5.73 Å². The molecule has 1 aromatic carbocycles. The summed E-state index contributed by atoms with van der Waals surface area (Å²) in [6, 6.07) is 11.2. The summed E-state index contributed by atoms with van der Waals surface area (Å²) in [7, 11) is 0. The number of rotatable bonds is 3. The molecule has 4 heteroatoms. The average Bonchev–Trinajstić information content (AvgIpc) is 2.39. The summed E-state index contributed by atoms with van der Waals surface area (Å²) >= 11 is 0. The van der Waals surface area contributed by atoms with E-state index in [1.165, 1.54) is 4.68 Å². The lowest BCUT2D eigenvalue weighted by molar-refractivity contribution is 0.619. The molecule has 0 saturated carbocycles. The standard InChI is InChI=1S/C13H15N3O/c1-2-16-13(17)8-7-12(15-16)11-5-3-10(9-14)4-6-11/h3-8H,2,9,14H2,1H3. The first-order valence-electron chi connectivity index (χ1n) is 5.62. The topological polar surface area (TPSA) is 60.9 Å². The van der Waals surface area contributed by atoms with E-state index in [2.05, 4.69) is 5.10 Å². The van der Waals surface area contributed by atoms with Gasteiger partial charge in [-0.2, -0.15) is 5.10 Å². The third kappa shape index (κ3) is 2.42. The summed E-state index contributed by atoms with van der Waals surface area (Å²) in [4.78, 5) is 11.4. The third-order valence-electron chi connectivity index (χ3n) is 2.65. The maximum Gasteiger partial charge on any atom is 0.266 e. The van der Waals surface area contributed by atoms with E-state index in [-0.39, 0.29) is 5.56 Å². The van der Waals surface area contributed by atoms with Crippen molar-refractivity contribution >= 4 is 0 Å². The quantitative estimate of drug-likeness (QED) is 0.865. The van der Waals surface area contributed by atoms with Crippen molar-refractivity contribution in [2.24, 2.45) is 5.73 Å². The Morgan fingerprint density at radius 2 is 1.88 bits per heavy atom. The van der Waals surface area contributed by atoms with E-state index in [1.807, 2.05) is 31.2 Å². The fraction of sp³-hybridized carbons (Fsp3) is 0.231. The number of aromatic nitrogens is 2. The Hall–Kier alpha value is -1.94. The summed E-state index contributed by atoms with van der Waals surface area (Å²) in [5, 5.41) is 4.29. The number of aryl methyl sites for hydroxylation is 1.